The molecule has 88 valence electrons. The summed E-state index contributed by atoms with van der Waals surface area (Å²) in [7, 11) is 0. The van der Waals surface area contributed by atoms with Crippen LogP contribution in [-0.4, -0.2) is 23.2 Å². The first kappa shape index (κ1) is 12.8. The van der Waals surface area contributed by atoms with Crippen molar-refractivity contribution >= 4 is 23.0 Å². The van der Waals surface area contributed by atoms with Gasteiger partial charge in [-0.25, -0.2) is 4.98 Å². The number of Topliss-reactive ketones (excluding diaryl/α,β-unsaturated/α-hetero) is 1. The van der Waals surface area contributed by atoms with E-state index in [0.717, 1.165) is 0 Å². The fourth-order valence-electron chi connectivity index (χ4n) is 1.03. The number of carbonyl (C=O) groups excluding carboxylic acids is 2. The normalized spacial score (nSPS) is 11.2. The van der Waals surface area contributed by atoms with Crippen LogP contribution in [-0.2, 0) is 4.79 Å². The number of amides is 1. The van der Waals surface area contributed by atoms with Gasteiger partial charge in [0.25, 0.3) is 5.91 Å². The summed E-state index contributed by atoms with van der Waals surface area (Å²) in [6, 6.07) is 0. The van der Waals surface area contributed by atoms with Crippen LogP contribution in [0.15, 0.2) is 5.51 Å². The second-order valence-corrected chi connectivity index (χ2v) is 5.48. The van der Waals surface area contributed by atoms with Crippen LogP contribution in [0.2, 0.25) is 0 Å². The average molecular weight is 240 g/mol. The fourth-order valence-corrected chi connectivity index (χ4v) is 1.74. The Bertz CT molecular complexity index is 404. The van der Waals surface area contributed by atoms with Crippen LogP contribution in [0.25, 0.3) is 0 Å². The molecular weight excluding hydrogens is 224 g/mol. The topological polar surface area (TPSA) is 59.1 Å². The smallest absolute Gasteiger partial charge is 0.263 e. The van der Waals surface area contributed by atoms with Crippen molar-refractivity contribution in [3.63, 3.8) is 0 Å². The van der Waals surface area contributed by atoms with Crippen molar-refractivity contribution in [3.8, 4) is 0 Å². The average Bonchev–Trinajstić information content (AvgIpc) is 2.58. The van der Waals surface area contributed by atoms with Crippen LogP contribution in [0.4, 0.5) is 0 Å². The maximum Gasteiger partial charge on any atom is 0.263 e. The molecule has 0 unspecified atom stereocenters. The van der Waals surface area contributed by atoms with Crippen molar-refractivity contribution in [1.82, 2.24) is 10.3 Å². The van der Waals surface area contributed by atoms with Crippen molar-refractivity contribution in [2.75, 3.05) is 6.54 Å². The van der Waals surface area contributed by atoms with Crippen LogP contribution in [0.5, 0.6) is 0 Å². The zero-order valence-electron chi connectivity index (χ0n) is 9.96. The molecule has 1 aromatic heterocycles. The van der Waals surface area contributed by atoms with Crippen molar-refractivity contribution in [1.29, 1.82) is 0 Å². The van der Waals surface area contributed by atoms with Gasteiger partial charge in [-0.1, -0.05) is 20.8 Å². The molecule has 0 aliphatic rings. The summed E-state index contributed by atoms with van der Waals surface area (Å²) in [4.78, 5) is 27.8. The van der Waals surface area contributed by atoms with Gasteiger partial charge in [-0.05, 0) is 6.92 Å². The highest BCUT2D eigenvalue weighted by molar-refractivity contribution is 7.11. The van der Waals surface area contributed by atoms with Gasteiger partial charge in [0.2, 0.25) is 0 Å². The molecule has 0 spiro atoms. The van der Waals surface area contributed by atoms with Crippen LogP contribution in [0.1, 0.15) is 36.1 Å². The Hall–Kier alpha value is -1.23. The quantitative estimate of drug-likeness (QED) is 0.876. The highest BCUT2D eigenvalue weighted by atomic mass is 32.1. The maximum atomic E-state index is 11.7. The predicted molar refractivity (Wildman–Crippen MR) is 63.6 cm³/mol. The number of nitrogens with zero attached hydrogens (tertiary/aromatic N) is 1. The van der Waals surface area contributed by atoms with E-state index in [4.69, 9.17) is 0 Å². The molecule has 0 aromatic carbocycles. The van der Waals surface area contributed by atoms with E-state index in [-0.39, 0.29) is 18.2 Å². The lowest BCUT2D eigenvalue weighted by Crippen LogP contribution is -2.35. The summed E-state index contributed by atoms with van der Waals surface area (Å²) in [6.45, 7) is 7.34. The zero-order chi connectivity index (χ0) is 12.3. The number of hydrogen-bond acceptors (Lipinski definition) is 4. The standard InChI is InChI=1S/C11H16N2O2S/c1-7-9(16-6-13-7)10(15)12-5-8(14)11(2,3)4/h6H,5H2,1-4H3,(H,12,15). The molecule has 1 aromatic rings. The van der Waals surface area contributed by atoms with Gasteiger partial charge in [0.1, 0.15) is 4.88 Å². The molecule has 0 atom stereocenters. The number of carbonyl (C=O) groups is 2. The summed E-state index contributed by atoms with van der Waals surface area (Å²) in [6.07, 6.45) is 0. The van der Waals surface area contributed by atoms with Gasteiger partial charge in [0, 0.05) is 5.41 Å². The van der Waals surface area contributed by atoms with Gasteiger partial charge < -0.3 is 5.32 Å². The number of aromatic nitrogens is 1. The molecule has 0 saturated carbocycles. The Morgan fingerprint density at radius 2 is 2.06 bits per heavy atom. The molecule has 4 nitrogen and oxygen atoms in total. The van der Waals surface area contributed by atoms with Crippen molar-refractivity contribution in [2.45, 2.75) is 27.7 Å². The number of aryl methyl sites for hydroxylation is 1. The summed E-state index contributed by atoms with van der Waals surface area (Å²) in [5.41, 5.74) is 1.90. The van der Waals surface area contributed by atoms with Gasteiger partial charge >= 0.3 is 0 Å². The first-order valence-corrected chi connectivity index (χ1v) is 5.92. The maximum absolute atomic E-state index is 11.7. The Balaban J connectivity index is 2.55. The lowest BCUT2D eigenvalue weighted by Gasteiger charge is -2.16. The molecule has 0 fully saturated rings. The van der Waals surface area contributed by atoms with E-state index in [1.165, 1.54) is 11.3 Å². The predicted octanol–water partition coefficient (Wildman–Crippen LogP) is 1.80. The molecule has 16 heavy (non-hydrogen) atoms. The SMILES string of the molecule is Cc1ncsc1C(=O)NCC(=O)C(C)(C)C. The second kappa shape index (κ2) is 4.74. The highest BCUT2D eigenvalue weighted by Crippen LogP contribution is 2.14. The molecule has 0 radical (unpaired) electrons. The Morgan fingerprint density at radius 1 is 1.44 bits per heavy atom. The summed E-state index contributed by atoms with van der Waals surface area (Å²) < 4.78 is 0. The van der Waals surface area contributed by atoms with Crippen LogP contribution in [0.3, 0.4) is 0 Å². The van der Waals surface area contributed by atoms with E-state index < -0.39 is 5.41 Å². The molecule has 0 saturated heterocycles. The molecule has 1 heterocycles. The van der Waals surface area contributed by atoms with Crippen LogP contribution in [0, 0.1) is 12.3 Å². The van der Waals surface area contributed by atoms with E-state index in [1.807, 2.05) is 20.8 Å². The monoisotopic (exact) mass is 240 g/mol. The largest absolute Gasteiger partial charge is 0.344 e. The third kappa shape index (κ3) is 3.13. The van der Waals surface area contributed by atoms with E-state index >= 15 is 0 Å². The highest BCUT2D eigenvalue weighted by Gasteiger charge is 2.22. The van der Waals surface area contributed by atoms with Crippen molar-refractivity contribution in [3.05, 3.63) is 16.1 Å². The van der Waals surface area contributed by atoms with E-state index in [0.29, 0.717) is 10.6 Å². The summed E-state index contributed by atoms with van der Waals surface area (Å²) >= 11 is 1.28. The third-order valence-corrected chi connectivity index (χ3v) is 3.13. The summed E-state index contributed by atoms with van der Waals surface area (Å²) in [5, 5.41) is 2.61. The van der Waals surface area contributed by atoms with Crippen molar-refractivity contribution in [2.24, 2.45) is 5.41 Å². The fraction of sp³-hybridized carbons (Fsp3) is 0.545. The number of rotatable bonds is 3. The van der Waals surface area contributed by atoms with Crippen LogP contribution < -0.4 is 5.32 Å². The molecule has 0 bridgehead atoms. The molecule has 1 rings (SSSR count). The summed E-state index contributed by atoms with van der Waals surface area (Å²) in [5.74, 6) is -0.208. The number of nitrogens with one attached hydrogen (secondary N) is 1. The molecule has 5 heteroatoms. The number of ketones is 1. The number of hydrogen-bond donors (Lipinski definition) is 1. The molecule has 1 N–H and O–H groups in total. The minimum atomic E-state index is -0.421. The molecular formula is C11H16N2O2S. The first-order valence-electron chi connectivity index (χ1n) is 5.04. The van der Waals surface area contributed by atoms with E-state index in [1.54, 1.807) is 12.4 Å². The van der Waals surface area contributed by atoms with Gasteiger partial charge in [-0.15, -0.1) is 11.3 Å². The number of thiazole rings is 1. The Morgan fingerprint density at radius 3 is 2.50 bits per heavy atom. The van der Waals surface area contributed by atoms with E-state index in [2.05, 4.69) is 10.3 Å². The molecule has 0 aliphatic carbocycles. The molecule has 0 aliphatic heterocycles. The zero-order valence-corrected chi connectivity index (χ0v) is 10.8. The molecule has 1 amide bonds. The first-order chi connectivity index (χ1) is 7.32. The van der Waals surface area contributed by atoms with E-state index in [9.17, 15) is 9.59 Å². The van der Waals surface area contributed by atoms with Gasteiger partial charge in [-0.2, -0.15) is 0 Å². The lowest BCUT2D eigenvalue weighted by atomic mass is 9.91. The third-order valence-electron chi connectivity index (χ3n) is 2.20. The van der Waals surface area contributed by atoms with Gasteiger partial charge in [0.05, 0.1) is 17.7 Å². The van der Waals surface area contributed by atoms with Gasteiger partial charge in [-0.3, -0.25) is 9.59 Å². The van der Waals surface area contributed by atoms with Crippen LogP contribution >= 0.6 is 11.3 Å². The Labute approximate surface area is 99.1 Å². The minimum absolute atomic E-state index is 0.0167. The Kier molecular flexibility index (Phi) is 3.80. The van der Waals surface area contributed by atoms with Gasteiger partial charge in [0.15, 0.2) is 5.78 Å². The second-order valence-electron chi connectivity index (χ2n) is 4.62. The van der Waals surface area contributed by atoms with Crippen molar-refractivity contribution < 1.29 is 9.59 Å². The minimum Gasteiger partial charge on any atom is -0.344 e. The lowest BCUT2D eigenvalue weighted by molar-refractivity contribution is -0.125.